The SMILES string of the molecule is CCCCCCCCCCCCCCCCCCCCCCCC(=O)O[C@H](COC(=O)CCCCCCCCCCCCCCCCCCC(C)C)COP(=O)(O)OC[C@@H](O)COP(=O)(O)OC[C@@H](COC(=O)CCCCCCCCCCC(C)C)OC(=O)CCCCCCCCCCCCCCCC. The van der Waals surface area contributed by atoms with Gasteiger partial charge in [0, 0.05) is 25.7 Å². The molecule has 0 aromatic heterocycles. The minimum absolute atomic E-state index is 0.108. The normalized spacial score (nSPS) is 13.8. The van der Waals surface area contributed by atoms with Gasteiger partial charge >= 0.3 is 39.5 Å². The molecule has 0 aliphatic heterocycles. The van der Waals surface area contributed by atoms with Crippen molar-refractivity contribution in [1.82, 2.24) is 0 Å². The van der Waals surface area contributed by atoms with Gasteiger partial charge < -0.3 is 33.8 Å². The van der Waals surface area contributed by atoms with Gasteiger partial charge in [-0.1, -0.05) is 408 Å². The Morgan fingerprint density at radius 3 is 0.648 bits per heavy atom. The van der Waals surface area contributed by atoms with Gasteiger partial charge in [-0.2, -0.15) is 0 Å². The van der Waals surface area contributed by atoms with Crippen molar-refractivity contribution in [1.29, 1.82) is 0 Å². The largest absolute Gasteiger partial charge is 0.472 e. The van der Waals surface area contributed by atoms with E-state index in [-0.39, 0.29) is 25.7 Å². The molecule has 17 nitrogen and oxygen atoms in total. The second-order valence-electron chi connectivity index (χ2n) is 31.9. The van der Waals surface area contributed by atoms with E-state index >= 15 is 0 Å². The number of unbranched alkanes of at least 4 members (excludes halogenated alkanes) is 55. The second kappa shape index (κ2) is 77.4. The first-order valence-corrected chi connectivity index (χ1v) is 47.5. The monoisotopic (exact) mass is 1540 g/mol. The third kappa shape index (κ3) is 79.9. The molecule has 5 atom stereocenters. The summed E-state index contributed by atoms with van der Waals surface area (Å²) in [5.41, 5.74) is 0. The molecule has 0 aliphatic rings. The van der Waals surface area contributed by atoms with Crippen LogP contribution < -0.4 is 0 Å². The molecule has 0 bridgehead atoms. The molecular weight excluding hydrogens is 1370 g/mol. The summed E-state index contributed by atoms with van der Waals surface area (Å²) in [4.78, 5) is 73.2. The van der Waals surface area contributed by atoms with Crippen LogP contribution in [0, 0.1) is 11.8 Å². The lowest BCUT2D eigenvalue weighted by Crippen LogP contribution is -2.30. The number of carbonyl (C=O) groups is 4. The van der Waals surface area contributed by atoms with Gasteiger partial charge in [-0.3, -0.25) is 37.3 Å². The number of phosphoric acid groups is 2. The van der Waals surface area contributed by atoms with E-state index in [0.717, 1.165) is 102 Å². The van der Waals surface area contributed by atoms with Crippen LogP contribution in [0.1, 0.15) is 459 Å². The maximum atomic E-state index is 13.1. The summed E-state index contributed by atoms with van der Waals surface area (Å²) in [6.45, 7) is 9.67. The minimum Gasteiger partial charge on any atom is -0.462 e. The number of rotatable bonds is 85. The van der Waals surface area contributed by atoms with E-state index in [4.69, 9.17) is 37.0 Å². The van der Waals surface area contributed by atoms with Gasteiger partial charge in [0.2, 0.25) is 0 Å². The maximum absolute atomic E-state index is 13.1. The van der Waals surface area contributed by atoms with E-state index in [1.807, 2.05) is 0 Å². The van der Waals surface area contributed by atoms with Crippen LogP contribution in [-0.4, -0.2) is 96.7 Å². The molecule has 0 saturated carbocycles. The molecule has 0 rings (SSSR count). The van der Waals surface area contributed by atoms with Crippen molar-refractivity contribution < 1.29 is 80.2 Å². The number of ether oxygens (including phenoxy) is 4. The van der Waals surface area contributed by atoms with Crippen LogP contribution in [0.3, 0.4) is 0 Å². The molecule has 0 amide bonds. The first-order valence-electron chi connectivity index (χ1n) is 44.5. The summed E-state index contributed by atoms with van der Waals surface area (Å²) in [7, 11) is -9.93. The lowest BCUT2D eigenvalue weighted by atomic mass is 10.0. The van der Waals surface area contributed by atoms with E-state index in [1.54, 1.807) is 0 Å². The smallest absolute Gasteiger partial charge is 0.462 e. The molecule has 3 N–H and O–H groups in total. The Hall–Kier alpha value is -1.94. The van der Waals surface area contributed by atoms with Gasteiger partial charge in [0.25, 0.3) is 0 Å². The van der Waals surface area contributed by atoms with Crippen LogP contribution in [-0.2, 0) is 65.4 Å². The molecule has 0 aromatic rings. The fraction of sp³-hybridized carbons (Fsp3) is 0.953. The summed E-state index contributed by atoms with van der Waals surface area (Å²) in [5.74, 6) is -0.563. The molecule has 2 unspecified atom stereocenters. The average molecular weight is 1540 g/mol. The van der Waals surface area contributed by atoms with E-state index in [2.05, 4.69) is 41.5 Å². The number of carbonyl (C=O) groups excluding carboxylic acids is 4. The van der Waals surface area contributed by atoms with Crippen molar-refractivity contribution in [2.45, 2.75) is 477 Å². The van der Waals surface area contributed by atoms with Gasteiger partial charge in [-0.15, -0.1) is 0 Å². The van der Waals surface area contributed by atoms with Crippen LogP contribution in [0.5, 0.6) is 0 Å². The number of hydrogen-bond donors (Lipinski definition) is 3. The quantitative estimate of drug-likeness (QED) is 0.0222. The highest BCUT2D eigenvalue weighted by atomic mass is 31.2. The fourth-order valence-corrected chi connectivity index (χ4v) is 15.0. The Balaban J connectivity index is 5.23. The van der Waals surface area contributed by atoms with Gasteiger partial charge in [0.05, 0.1) is 26.4 Å². The second-order valence-corrected chi connectivity index (χ2v) is 34.8. The zero-order chi connectivity index (χ0) is 77.1. The summed E-state index contributed by atoms with van der Waals surface area (Å²) in [5, 5.41) is 10.7. The van der Waals surface area contributed by atoms with Crippen molar-refractivity contribution in [3.63, 3.8) is 0 Å². The zero-order valence-corrected chi connectivity index (χ0v) is 70.8. The summed E-state index contributed by atoms with van der Waals surface area (Å²) in [6, 6.07) is 0. The lowest BCUT2D eigenvalue weighted by molar-refractivity contribution is -0.161. The summed E-state index contributed by atoms with van der Waals surface area (Å²) >= 11 is 0. The molecule has 0 radical (unpaired) electrons. The Kier molecular flexibility index (Phi) is 76.0. The first-order chi connectivity index (χ1) is 50.9. The third-order valence-corrected chi connectivity index (χ3v) is 22.1. The van der Waals surface area contributed by atoms with Crippen molar-refractivity contribution in [2.24, 2.45) is 11.8 Å². The van der Waals surface area contributed by atoms with E-state index < -0.39 is 97.5 Å². The average Bonchev–Trinajstić information content (AvgIpc) is 0.995. The highest BCUT2D eigenvalue weighted by Gasteiger charge is 2.30. The molecular formula is C86H168O17P2. The molecule has 0 aromatic carbocycles. The standard InChI is InChI=1S/C86H168O17P2/c1-7-9-11-13-15-17-19-21-23-24-25-26-27-28-33-37-41-45-53-59-65-71-86(91)102-81(74-96-83(88)68-62-56-50-43-39-36-32-30-29-31-34-38-42-48-54-60-66-78(3)4)76-100-104(92,93)98-72-80(87)73-99-105(94,95)101-77-82(75-97-84(89)69-63-57-51-47-46-49-55-61-67-79(5)6)103-85(90)70-64-58-52-44-40-35-22-20-18-16-14-12-10-8-2/h78-82,87H,7-77H2,1-6H3,(H,92,93)(H,94,95)/t80-,81-,82-/m1/s1. The number of esters is 4. The van der Waals surface area contributed by atoms with Gasteiger partial charge in [0.15, 0.2) is 12.2 Å². The van der Waals surface area contributed by atoms with Crippen LogP contribution >= 0.6 is 15.6 Å². The first kappa shape index (κ1) is 103. The number of phosphoric ester groups is 2. The van der Waals surface area contributed by atoms with Crippen molar-refractivity contribution in [3.05, 3.63) is 0 Å². The minimum atomic E-state index is -4.97. The topological polar surface area (TPSA) is 237 Å². The van der Waals surface area contributed by atoms with Crippen molar-refractivity contribution >= 4 is 39.5 Å². The van der Waals surface area contributed by atoms with Crippen LogP contribution in [0.2, 0.25) is 0 Å². The molecule has 0 spiro atoms. The van der Waals surface area contributed by atoms with Gasteiger partial charge in [0.1, 0.15) is 19.3 Å². The predicted molar refractivity (Wildman–Crippen MR) is 432 cm³/mol. The molecule has 0 aliphatic carbocycles. The zero-order valence-electron chi connectivity index (χ0n) is 69.0. The van der Waals surface area contributed by atoms with Crippen LogP contribution in [0.25, 0.3) is 0 Å². The summed E-state index contributed by atoms with van der Waals surface area (Å²) < 4.78 is 68.9. The van der Waals surface area contributed by atoms with Crippen molar-refractivity contribution in [2.75, 3.05) is 39.6 Å². The number of aliphatic hydroxyl groups excluding tert-OH is 1. The Morgan fingerprint density at radius 1 is 0.257 bits per heavy atom. The Morgan fingerprint density at radius 2 is 0.438 bits per heavy atom. The van der Waals surface area contributed by atoms with Crippen LogP contribution in [0.15, 0.2) is 0 Å². The van der Waals surface area contributed by atoms with E-state index in [1.165, 1.54) is 276 Å². The number of hydrogen-bond acceptors (Lipinski definition) is 15. The van der Waals surface area contributed by atoms with Gasteiger partial charge in [-0.25, -0.2) is 9.13 Å². The number of aliphatic hydroxyl groups is 1. The van der Waals surface area contributed by atoms with E-state index in [0.29, 0.717) is 25.7 Å². The highest BCUT2D eigenvalue weighted by Crippen LogP contribution is 2.45. The summed E-state index contributed by atoms with van der Waals surface area (Å²) in [6.07, 6.45) is 69.5. The highest BCUT2D eigenvalue weighted by molar-refractivity contribution is 7.47. The van der Waals surface area contributed by atoms with Gasteiger partial charge in [-0.05, 0) is 37.5 Å². The Bertz CT molecular complexity index is 2010. The maximum Gasteiger partial charge on any atom is 0.472 e. The molecule has 624 valence electrons. The molecule has 0 fully saturated rings. The molecule has 0 heterocycles. The van der Waals surface area contributed by atoms with E-state index in [9.17, 15) is 43.2 Å². The fourth-order valence-electron chi connectivity index (χ4n) is 13.4. The lowest BCUT2D eigenvalue weighted by Gasteiger charge is -2.21. The molecule has 19 heteroatoms. The third-order valence-electron chi connectivity index (χ3n) is 20.2. The Labute approximate surface area is 645 Å². The van der Waals surface area contributed by atoms with Crippen molar-refractivity contribution in [3.8, 4) is 0 Å². The molecule has 105 heavy (non-hydrogen) atoms. The molecule has 0 saturated heterocycles. The predicted octanol–water partition coefficient (Wildman–Crippen LogP) is 26.2. The van der Waals surface area contributed by atoms with Crippen LogP contribution in [0.4, 0.5) is 0 Å².